The number of rotatable bonds is 2. The molecule has 1 radical (unpaired) electrons. The normalized spacial score (nSPS) is 10.6. The van der Waals surface area contributed by atoms with Crippen LogP contribution in [0, 0.1) is 23.5 Å². The van der Waals surface area contributed by atoms with Gasteiger partial charge < -0.3 is 4.74 Å². The number of hydrogen-bond acceptors (Lipinski definition) is 1. The number of ether oxygens (including phenoxy) is 1. The van der Waals surface area contributed by atoms with Gasteiger partial charge in [0.05, 0.1) is 12.2 Å². The predicted molar refractivity (Wildman–Crippen MR) is 40.9 cm³/mol. The second-order valence-electron chi connectivity index (χ2n) is 2.77. The summed E-state index contributed by atoms with van der Waals surface area (Å²) < 4.78 is 42.6. The maximum absolute atomic E-state index is 12.8. The third kappa shape index (κ3) is 2.37. The smallest absolute Gasteiger partial charge is 0.170 e. The minimum Gasteiger partial charge on any atom is -0.487 e. The second-order valence-corrected chi connectivity index (χ2v) is 2.77. The van der Waals surface area contributed by atoms with Crippen LogP contribution >= 0.6 is 0 Å². The van der Waals surface area contributed by atoms with Crippen molar-refractivity contribution in [2.24, 2.45) is 0 Å². The molecule has 0 fully saturated rings. The average molecular weight is 189 g/mol. The Kier molecular flexibility index (Phi) is 2.80. The van der Waals surface area contributed by atoms with Crippen molar-refractivity contribution in [3.8, 4) is 5.75 Å². The molecule has 4 heteroatoms. The number of hydrogen-bond donors (Lipinski definition) is 0. The maximum atomic E-state index is 12.8. The van der Waals surface area contributed by atoms with Gasteiger partial charge in [0.2, 0.25) is 0 Å². The van der Waals surface area contributed by atoms with Crippen LogP contribution in [0.5, 0.6) is 5.75 Å². The highest BCUT2D eigenvalue weighted by atomic mass is 19.2. The van der Waals surface area contributed by atoms with Gasteiger partial charge in [0.15, 0.2) is 23.2 Å². The first-order valence-electron chi connectivity index (χ1n) is 3.74. The summed E-state index contributed by atoms with van der Waals surface area (Å²) >= 11 is 0. The van der Waals surface area contributed by atoms with Crippen molar-refractivity contribution < 1.29 is 17.9 Å². The van der Waals surface area contributed by atoms with E-state index in [1.54, 1.807) is 13.8 Å². The van der Waals surface area contributed by atoms with Gasteiger partial charge in [0, 0.05) is 6.07 Å². The van der Waals surface area contributed by atoms with Crippen molar-refractivity contribution in [2.45, 2.75) is 20.0 Å². The largest absolute Gasteiger partial charge is 0.487 e. The van der Waals surface area contributed by atoms with Crippen molar-refractivity contribution in [1.29, 1.82) is 0 Å². The molecule has 0 bridgehead atoms. The molecule has 0 amide bonds. The molecular weight excluding hydrogens is 181 g/mol. The zero-order valence-corrected chi connectivity index (χ0v) is 7.20. The Bertz CT molecular complexity index is 310. The monoisotopic (exact) mass is 189 g/mol. The van der Waals surface area contributed by atoms with E-state index in [1.165, 1.54) is 0 Å². The molecule has 1 aromatic rings. The Morgan fingerprint density at radius 3 is 2.38 bits per heavy atom. The summed E-state index contributed by atoms with van der Waals surface area (Å²) in [6.07, 6.45) is -0.310. The van der Waals surface area contributed by atoms with Crippen LogP contribution in [-0.2, 0) is 0 Å². The fourth-order valence-corrected chi connectivity index (χ4v) is 0.781. The van der Waals surface area contributed by atoms with E-state index in [9.17, 15) is 13.2 Å². The Balaban J connectivity index is 3.01. The van der Waals surface area contributed by atoms with Crippen LogP contribution < -0.4 is 4.74 Å². The molecule has 1 rings (SSSR count). The lowest BCUT2D eigenvalue weighted by molar-refractivity contribution is 0.228. The van der Waals surface area contributed by atoms with Gasteiger partial charge >= 0.3 is 0 Å². The quantitative estimate of drug-likeness (QED) is 0.650. The molecule has 71 valence electrons. The molecule has 1 aromatic carbocycles. The standard InChI is InChI=1S/C9H8F3O/c1-5(2)13-9-4-7(11)6(10)3-8(9)12/h3,5H,1-2H3. The van der Waals surface area contributed by atoms with Crippen molar-refractivity contribution >= 4 is 0 Å². The van der Waals surface area contributed by atoms with Gasteiger partial charge in [-0.2, -0.15) is 0 Å². The van der Waals surface area contributed by atoms with Gasteiger partial charge in [-0.15, -0.1) is 0 Å². The maximum Gasteiger partial charge on any atom is 0.170 e. The van der Waals surface area contributed by atoms with E-state index in [2.05, 4.69) is 0 Å². The van der Waals surface area contributed by atoms with Gasteiger partial charge in [0.25, 0.3) is 0 Å². The Morgan fingerprint density at radius 2 is 1.85 bits per heavy atom. The SMILES string of the molecule is CC(C)Oc1[c]c(F)c(F)cc1F. The van der Waals surface area contributed by atoms with Crippen LogP contribution in [0.25, 0.3) is 0 Å². The van der Waals surface area contributed by atoms with Crippen LogP contribution in [0.2, 0.25) is 0 Å². The Hall–Kier alpha value is -1.19. The van der Waals surface area contributed by atoms with Crippen molar-refractivity contribution in [3.05, 3.63) is 29.6 Å². The molecule has 13 heavy (non-hydrogen) atoms. The van der Waals surface area contributed by atoms with Crippen LogP contribution in [0.4, 0.5) is 13.2 Å². The van der Waals surface area contributed by atoms with E-state index in [-0.39, 0.29) is 6.10 Å². The second kappa shape index (κ2) is 3.68. The van der Waals surface area contributed by atoms with Gasteiger partial charge in [-0.05, 0) is 13.8 Å². The summed E-state index contributed by atoms with van der Waals surface area (Å²) in [4.78, 5) is 0. The molecule has 0 heterocycles. The minimum absolute atomic E-state index is 0.310. The third-order valence-electron chi connectivity index (χ3n) is 1.26. The molecule has 0 aliphatic heterocycles. The number of halogens is 3. The van der Waals surface area contributed by atoms with E-state index in [1.807, 2.05) is 6.07 Å². The van der Waals surface area contributed by atoms with E-state index in [0.717, 1.165) is 0 Å². The molecule has 0 aromatic heterocycles. The first kappa shape index (κ1) is 9.89. The summed E-state index contributed by atoms with van der Waals surface area (Å²) in [7, 11) is 0. The van der Waals surface area contributed by atoms with Crippen molar-refractivity contribution in [2.75, 3.05) is 0 Å². The Morgan fingerprint density at radius 1 is 1.23 bits per heavy atom. The fraction of sp³-hybridized carbons (Fsp3) is 0.333. The van der Waals surface area contributed by atoms with Gasteiger partial charge in [-0.3, -0.25) is 0 Å². The first-order valence-corrected chi connectivity index (χ1v) is 3.74. The third-order valence-corrected chi connectivity index (χ3v) is 1.26. The summed E-state index contributed by atoms with van der Waals surface area (Å²) in [6, 6.07) is 2.27. The summed E-state index contributed by atoms with van der Waals surface area (Å²) in [5, 5.41) is 0. The van der Waals surface area contributed by atoms with Gasteiger partial charge in [-0.25, -0.2) is 13.2 Å². The molecule has 1 nitrogen and oxygen atoms in total. The van der Waals surface area contributed by atoms with E-state index >= 15 is 0 Å². The zero-order valence-electron chi connectivity index (χ0n) is 7.20. The minimum atomic E-state index is -1.27. The molecule has 0 saturated carbocycles. The molecular formula is C9H8F3O. The summed E-state index contributed by atoms with van der Waals surface area (Å²) in [5.41, 5.74) is 0. The molecule has 0 aliphatic rings. The summed E-state index contributed by atoms with van der Waals surface area (Å²) in [5.74, 6) is -3.85. The van der Waals surface area contributed by atoms with E-state index in [4.69, 9.17) is 4.74 Å². The van der Waals surface area contributed by atoms with Gasteiger partial charge in [0.1, 0.15) is 0 Å². The highest BCUT2D eigenvalue weighted by Gasteiger charge is 2.12. The molecule has 0 aliphatic carbocycles. The lowest BCUT2D eigenvalue weighted by Gasteiger charge is -2.09. The molecule has 0 N–H and O–H groups in total. The first-order chi connectivity index (χ1) is 6.00. The summed E-state index contributed by atoms with van der Waals surface area (Å²) in [6.45, 7) is 3.29. The molecule has 0 unspecified atom stereocenters. The van der Waals surface area contributed by atoms with Crippen LogP contribution in [0.1, 0.15) is 13.8 Å². The average Bonchev–Trinajstić information content (AvgIpc) is 1.99. The van der Waals surface area contributed by atoms with E-state index in [0.29, 0.717) is 6.07 Å². The fourth-order valence-electron chi connectivity index (χ4n) is 0.781. The molecule has 0 saturated heterocycles. The zero-order chi connectivity index (χ0) is 10.0. The van der Waals surface area contributed by atoms with Gasteiger partial charge in [-0.1, -0.05) is 0 Å². The van der Waals surface area contributed by atoms with Crippen LogP contribution in [-0.4, -0.2) is 6.10 Å². The highest BCUT2D eigenvalue weighted by Crippen LogP contribution is 2.20. The topological polar surface area (TPSA) is 9.23 Å². The van der Waals surface area contributed by atoms with Crippen LogP contribution in [0.15, 0.2) is 6.07 Å². The lowest BCUT2D eigenvalue weighted by Crippen LogP contribution is -2.07. The van der Waals surface area contributed by atoms with Crippen molar-refractivity contribution in [1.82, 2.24) is 0 Å². The lowest BCUT2D eigenvalue weighted by atomic mass is 10.3. The Labute approximate surface area is 74.1 Å². The number of benzene rings is 1. The molecule has 0 spiro atoms. The predicted octanol–water partition coefficient (Wildman–Crippen LogP) is 2.69. The molecule has 0 atom stereocenters. The van der Waals surface area contributed by atoms with Crippen LogP contribution in [0.3, 0.4) is 0 Å². The van der Waals surface area contributed by atoms with Crippen molar-refractivity contribution in [3.63, 3.8) is 0 Å². The van der Waals surface area contributed by atoms with E-state index < -0.39 is 23.2 Å². The highest BCUT2D eigenvalue weighted by molar-refractivity contribution is 5.24.